The van der Waals surface area contributed by atoms with Crippen molar-refractivity contribution in [2.24, 2.45) is 11.8 Å². The van der Waals surface area contributed by atoms with Crippen molar-refractivity contribution in [2.45, 2.75) is 38.8 Å². The van der Waals surface area contributed by atoms with Crippen LogP contribution in [0.1, 0.15) is 33.1 Å². The normalized spacial score (nSPS) is 34.9. The Morgan fingerprint density at radius 3 is 2.81 bits per heavy atom. The standard InChI is InChI=1S/C13H19NO2/c1-10-6-7-13(16,11(2)9-10)14-8-4-3-5-12(14)15/h3-5,8,10-11,16H,6-7,9H2,1-2H3. The molecule has 3 unspecified atom stereocenters. The second kappa shape index (κ2) is 4.06. The lowest BCUT2D eigenvalue weighted by molar-refractivity contribution is -0.123. The maximum atomic E-state index is 11.8. The highest BCUT2D eigenvalue weighted by Gasteiger charge is 2.40. The minimum Gasteiger partial charge on any atom is -0.370 e. The zero-order chi connectivity index (χ0) is 11.8. The molecule has 88 valence electrons. The molecular weight excluding hydrogens is 202 g/mol. The van der Waals surface area contributed by atoms with Crippen molar-refractivity contribution in [2.75, 3.05) is 0 Å². The summed E-state index contributed by atoms with van der Waals surface area (Å²) in [7, 11) is 0. The van der Waals surface area contributed by atoms with Gasteiger partial charge >= 0.3 is 0 Å². The fraction of sp³-hybridized carbons (Fsp3) is 0.615. The smallest absolute Gasteiger partial charge is 0.252 e. The summed E-state index contributed by atoms with van der Waals surface area (Å²) < 4.78 is 1.49. The number of nitrogens with zero attached hydrogens (tertiary/aromatic N) is 1. The Balaban J connectivity index is 2.39. The average molecular weight is 221 g/mol. The molecule has 0 spiro atoms. The van der Waals surface area contributed by atoms with Crippen molar-refractivity contribution in [3.63, 3.8) is 0 Å². The highest BCUT2D eigenvalue weighted by molar-refractivity contribution is 4.99. The average Bonchev–Trinajstić information content (AvgIpc) is 2.25. The molecule has 3 heteroatoms. The van der Waals surface area contributed by atoms with Gasteiger partial charge in [0.05, 0.1) is 0 Å². The Kier molecular flexibility index (Phi) is 2.89. The molecule has 0 bridgehead atoms. The largest absolute Gasteiger partial charge is 0.370 e. The molecule has 16 heavy (non-hydrogen) atoms. The third-order valence-corrected chi connectivity index (χ3v) is 3.79. The maximum absolute atomic E-state index is 11.8. The molecule has 1 heterocycles. The van der Waals surface area contributed by atoms with Crippen LogP contribution in [0.15, 0.2) is 29.2 Å². The summed E-state index contributed by atoms with van der Waals surface area (Å²) in [6.07, 6.45) is 4.30. The fourth-order valence-corrected chi connectivity index (χ4v) is 2.72. The summed E-state index contributed by atoms with van der Waals surface area (Å²) in [5, 5.41) is 10.7. The molecule has 0 radical (unpaired) electrons. The van der Waals surface area contributed by atoms with E-state index in [2.05, 4.69) is 6.92 Å². The minimum atomic E-state index is -0.995. The van der Waals surface area contributed by atoms with E-state index >= 15 is 0 Å². The highest BCUT2D eigenvalue weighted by atomic mass is 16.3. The molecule has 0 saturated heterocycles. The molecule has 3 nitrogen and oxygen atoms in total. The van der Waals surface area contributed by atoms with Crippen LogP contribution in [0.4, 0.5) is 0 Å². The lowest BCUT2D eigenvalue weighted by Gasteiger charge is -2.41. The van der Waals surface area contributed by atoms with Gasteiger partial charge in [-0.1, -0.05) is 19.9 Å². The monoisotopic (exact) mass is 221 g/mol. The van der Waals surface area contributed by atoms with Crippen LogP contribution in [0.3, 0.4) is 0 Å². The van der Waals surface area contributed by atoms with Gasteiger partial charge in [0, 0.05) is 18.2 Å². The van der Waals surface area contributed by atoms with E-state index in [9.17, 15) is 9.90 Å². The quantitative estimate of drug-likeness (QED) is 0.787. The summed E-state index contributed by atoms with van der Waals surface area (Å²) in [6.45, 7) is 4.22. The van der Waals surface area contributed by atoms with E-state index in [0.29, 0.717) is 12.3 Å². The van der Waals surface area contributed by atoms with E-state index in [1.54, 1.807) is 18.3 Å². The van der Waals surface area contributed by atoms with E-state index in [4.69, 9.17) is 0 Å². The van der Waals surface area contributed by atoms with Crippen LogP contribution in [0, 0.1) is 11.8 Å². The number of hydrogen-bond donors (Lipinski definition) is 1. The zero-order valence-corrected chi connectivity index (χ0v) is 9.89. The molecule has 1 saturated carbocycles. The van der Waals surface area contributed by atoms with Crippen LogP contribution in [-0.2, 0) is 5.72 Å². The Morgan fingerprint density at radius 2 is 2.19 bits per heavy atom. The van der Waals surface area contributed by atoms with Crippen LogP contribution >= 0.6 is 0 Å². The predicted octanol–water partition coefficient (Wildman–Crippen LogP) is 1.95. The Bertz CT molecular complexity index is 426. The fourth-order valence-electron chi connectivity index (χ4n) is 2.72. The van der Waals surface area contributed by atoms with E-state index in [-0.39, 0.29) is 11.5 Å². The van der Waals surface area contributed by atoms with Crippen molar-refractivity contribution >= 4 is 0 Å². The van der Waals surface area contributed by atoms with Gasteiger partial charge in [0.25, 0.3) is 5.56 Å². The molecule has 2 rings (SSSR count). The van der Waals surface area contributed by atoms with Gasteiger partial charge < -0.3 is 5.11 Å². The first-order valence-corrected chi connectivity index (χ1v) is 5.94. The maximum Gasteiger partial charge on any atom is 0.252 e. The van der Waals surface area contributed by atoms with Crippen LogP contribution in [0.2, 0.25) is 0 Å². The highest BCUT2D eigenvalue weighted by Crippen LogP contribution is 2.39. The van der Waals surface area contributed by atoms with Crippen molar-refractivity contribution in [1.82, 2.24) is 4.57 Å². The molecule has 1 aromatic rings. The van der Waals surface area contributed by atoms with Gasteiger partial charge in [-0.05, 0) is 31.2 Å². The first-order valence-electron chi connectivity index (χ1n) is 5.94. The van der Waals surface area contributed by atoms with E-state index in [1.807, 2.05) is 6.92 Å². The molecule has 3 atom stereocenters. The number of aliphatic hydroxyl groups is 1. The van der Waals surface area contributed by atoms with Crippen molar-refractivity contribution in [3.05, 3.63) is 34.7 Å². The van der Waals surface area contributed by atoms with Crippen molar-refractivity contribution in [1.29, 1.82) is 0 Å². The Labute approximate surface area is 95.7 Å². The van der Waals surface area contributed by atoms with Crippen LogP contribution < -0.4 is 5.56 Å². The minimum absolute atomic E-state index is 0.119. The number of rotatable bonds is 1. The second-order valence-electron chi connectivity index (χ2n) is 5.07. The SMILES string of the molecule is CC1CCC(O)(n2ccccc2=O)C(C)C1. The van der Waals surface area contributed by atoms with Gasteiger partial charge in [-0.25, -0.2) is 0 Å². The summed E-state index contributed by atoms with van der Waals surface area (Å²) in [6, 6.07) is 5.01. The molecule has 1 N–H and O–H groups in total. The third kappa shape index (κ3) is 1.80. The van der Waals surface area contributed by atoms with Crippen LogP contribution in [-0.4, -0.2) is 9.67 Å². The zero-order valence-electron chi connectivity index (χ0n) is 9.89. The predicted molar refractivity (Wildman–Crippen MR) is 63.1 cm³/mol. The lowest BCUT2D eigenvalue weighted by atomic mass is 9.77. The molecule has 0 aliphatic heterocycles. The topological polar surface area (TPSA) is 42.2 Å². The van der Waals surface area contributed by atoms with Crippen LogP contribution in [0.5, 0.6) is 0 Å². The summed E-state index contributed by atoms with van der Waals surface area (Å²) in [5.74, 6) is 0.756. The number of aromatic nitrogens is 1. The van der Waals surface area contributed by atoms with E-state index in [0.717, 1.165) is 12.8 Å². The summed E-state index contributed by atoms with van der Waals surface area (Å²) in [5.41, 5.74) is -1.11. The number of pyridine rings is 1. The number of hydrogen-bond acceptors (Lipinski definition) is 2. The molecule has 0 aromatic carbocycles. The lowest BCUT2D eigenvalue weighted by Crippen LogP contribution is -2.48. The first-order chi connectivity index (χ1) is 7.54. The second-order valence-corrected chi connectivity index (χ2v) is 5.07. The molecular formula is C13H19NO2. The van der Waals surface area contributed by atoms with Gasteiger partial charge in [-0.3, -0.25) is 9.36 Å². The van der Waals surface area contributed by atoms with Gasteiger partial charge in [0.15, 0.2) is 0 Å². The molecule has 1 aliphatic carbocycles. The molecule has 1 aromatic heterocycles. The Morgan fingerprint density at radius 1 is 1.44 bits per heavy atom. The van der Waals surface area contributed by atoms with E-state index < -0.39 is 5.72 Å². The molecule has 1 aliphatic rings. The van der Waals surface area contributed by atoms with Gasteiger partial charge in [0.1, 0.15) is 5.72 Å². The summed E-state index contributed by atoms with van der Waals surface area (Å²) >= 11 is 0. The molecule has 0 amide bonds. The van der Waals surface area contributed by atoms with Gasteiger partial charge in [-0.2, -0.15) is 0 Å². The van der Waals surface area contributed by atoms with Crippen molar-refractivity contribution in [3.8, 4) is 0 Å². The Hall–Kier alpha value is -1.09. The van der Waals surface area contributed by atoms with Crippen LogP contribution in [0.25, 0.3) is 0 Å². The molecule has 1 fully saturated rings. The third-order valence-electron chi connectivity index (χ3n) is 3.79. The van der Waals surface area contributed by atoms with Gasteiger partial charge in [-0.15, -0.1) is 0 Å². The summed E-state index contributed by atoms with van der Waals surface area (Å²) in [4.78, 5) is 11.8. The van der Waals surface area contributed by atoms with Crippen molar-refractivity contribution < 1.29 is 5.11 Å². The first kappa shape index (κ1) is 11.4. The van der Waals surface area contributed by atoms with E-state index in [1.165, 1.54) is 10.6 Å². The van der Waals surface area contributed by atoms with Gasteiger partial charge in [0.2, 0.25) is 0 Å².